The van der Waals surface area contributed by atoms with E-state index in [0.717, 1.165) is 23.5 Å². The van der Waals surface area contributed by atoms with Crippen molar-refractivity contribution in [1.82, 2.24) is 4.37 Å². The molecule has 0 saturated carbocycles. The Morgan fingerprint density at radius 1 is 1.47 bits per heavy atom. The molecule has 1 fully saturated rings. The van der Waals surface area contributed by atoms with E-state index in [0.29, 0.717) is 0 Å². The summed E-state index contributed by atoms with van der Waals surface area (Å²) in [4.78, 5) is 0. The molecule has 1 saturated heterocycles. The molecule has 3 heterocycles. The van der Waals surface area contributed by atoms with E-state index in [9.17, 15) is 0 Å². The number of thiophene rings is 1. The predicted molar refractivity (Wildman–Crippen MR) is 77.1 cm³/mol. The van der Waals surface area contributed by atoms with Gasteiger partial charge in [0.05, 0.1) is 8.49 Å². The second-order valence-corrected chi connectivity index (χ2v) is 7.30. The van der Waals surface area contributed by atoms with Gasteiger partial charge in [-0.15, -0.1) is 11.3 Å². The lowest BCUT2D eigenvalue weighted by atomic mass is 10.2. The highest BCUT2D eigenvalue weighted by atomic mass is 79.9. The van der Waals surface area contributed by atoms with E-state index in [4.69, 9.17) is 4.74 Å². The van der Waals surface area contributed by atoms with Gasteiger partial charge in [-0.3, -0.25) is 0 Å². The van der Waals surface area contributed by atoms with Crippen LogP contribution in [-0.4, -0.2) is 17.2 Å². The zero-order valence-electron chi connectivity index (χ0n) is 9.46. The minimum Gasteiger partial charge on any atom is -0.359 e. The second kappa shape index (κ2) is 4.84. The molecular formula is C11H13BrN2OS2. The summed E-state index contributed by atoms with van der Waals surface area (Å²) < 4.78 is 12.6. The number of aryl methyl sites for hydroxylation is 1. The number of ether oxygens (including phenoxy) is 1. The van der Waals surface area contributed by atoms with Crippen molar-refractivity contribution in [3.8, 4) is 0 Å². The molecule has 1 aliphatic rings. The highest BCUT2D eigenvalue weighted by molar-refractivity contribution is 9.11. The Bertz CT molecular complexity index is 531. The fourth-order valence-electron chi connectivity index (χ4n) is 1.97. The van der Waals surface area contributed by atoms with Crippen molar-refractivity contribution in [2.75, 3.05) is 11.9 Å². The van der Waals surface area contributed by atoms with Gasteiger partial charge in [0.25, 0.3) is 0 Å². The van der Waals surface area contributed by atoms with Crippen LogP contribution in [0.4, 0.5) is 5.00 Å². The molecule has 0 amide bonds. The minimum atomic E-state index is 0.161. The van der Waals surface area contributed by atoms with Gasteiger partial charge in [0, 0.05) is 12.2 Å². The molecule has 2 aromatic rings. The lowest BCUT2D eigenvalue weighted by Crippen LogP contribution is -2.26. The van der Waals surface area contributed by atoms with Crippen LogP contribution in [0, 0.1) is 6.92 Å². The summed E-state index contributed by atoms with van der Waals surface area (Å²) in [5, 5.41) is 4.61. The number of halogens is 1. The molecule has 1 atom stereocenters. The van der Waals surface area contributed by atoms with E-state index in [1.807, 2.05) is 0 Å². The van der Waals surface area contributed by atoms with Crippen LogP contribution in [0.25, 0.3) is 10.2 Å². The molecular weight excluding hydrogens is 320 g/mol. The molecule has 92 valence electrons. The number of hydrogen-bond donors (Lipinski definition) is 1. The second-order valence-electron chi connectivity index (χ2n) is 4.19. The average molecular weight is 333 g/mol. The monoisotopic (exact) mass is 332 g/mol. The molecule has 17 heavy (non-hydrogen) atoms. The molecule has 0 aliphatic carbocycles. The quantitative estimate of drug-likeness (QED) is 0.886. The third kappa shape index (κ3) is 2.23. The van der Waals surface area contributed by atoms with Crippen molar-refractivity contribution in [2.45, 2.75) is 32.4 Å². The number of anilines is 1. The van der Waals surface area contributed by atoms with Crippen molar-refractivity contribution in [3.63, 3.8) is 0 Å². The molecule has 1 unspecified atom stereocenters. The Kier molecular flexibility index (Phi) is 3.38. The van der Waals surface area contributed by atoms with Crippen molar-refractivity contribution in [2.24, 2.45) is 0 Å². The Labute approximate surface area is 116 Å². The first kappa shape index (κ1) is 11.9. The molecule has 3 rings (SSSR count). The van der Waals surface area contributed by atoms with E-state index < -0.39 is 0 Å². The van der Waals surface area contributed by atoms with Crippen molar-refractivity contribution in [1.29, 1.82) is 0 Å². The molecule has 6 heteroatoms. The van der Waals surface area contributed by atoms with Crippen LogP contribution in [-0.2, 0) is 4.74 Å². The molecule has 1 N–H and O–H groups in total. The molecule has 0 bridgehead atoms. The van der Waals surface area contributed by atoms with Gasteiger partial charge >= 0.3 is 0 Å². The van der Waals surface area contributed by atoms with E-state index in [2.05, 4.69) is 32.5 Å². The third-order valence-corrected chi connectivity index (χ3v) is 6.04. The van der Waals surface area contributed by atoms with Crippen LogP contribution in [0.2, 0.25) is 0 Å². The Balaban J connectivity index is 1.87. The van der Waals surface area contributed by atoms with Crippen LogP contribution in [0.5, 0.6) is 0 Å². The summed E-state index contributed by atoms with van der Waals surface area (Å²) in [6.07, 6.45) is 3.67. The van der Waals surface area contributed by atoms with Crippen molar-refractivity contribution < 1.29 is 4.74 Å². The average Bonchev–Trinajstić information content (AvgIpc) is 2.84. The number of nitrogens with one attached hydrogen (secondary N) is 1. The van der Waals surface area contributed by atoms with Gasteiger partial charge in [-0.2, -0.15) is 4.37 Å². The Morgan fingerprint density at radius 2 is 2.35 bits per heavy atom. The Hall–Kier alpha value is -0.170. The van der Waals surface area contributed by atoms with E-state index >= 15 is 0 Å². The summed E-state index contributed by atoms with van der Waals surface area (Å²) in [6, 6.07) is 0. The summed E-state index contributed by atoms with van der Waals surface area (Å²) in [7, 11) is 0. The first-order chi connectivity index (χ1) is 8.25. The SMILES string of the molecule is Cc1c(Br)sc2c(NC3CCCCO3)snc12. The van der Waals surface area contributed by atoms with Gasteiger partial charge in [-0.25, -0.2) is 0 Å². The normalized spacial score (nSPS) is 20.9. The minimum absolute atomic E-state index is 0.161. The maximum atomic E-state index is 5.70. The molecule has 3 nitrogen and oxygen atoms in total. The maximum absolute atomic E-state index is 5.70. The highest BCUT2D eigenvalue weighted by Crippen LogP contribution is 2.41. The number of fused-ring (bicyclic) bond motifs is 1. The van der Waals surface area contributed by atoms with Gasteiger partial charge in [0.2, 0.25) is 0 Å². The van der Waals surface area contributed by atoms with Crippen LogP contribution >= 0.6 is 38.8 Å². The molecule has 0 radical (unpaired) electrons. The lowest BCUT2D eigenvalue weighted by Gasteiger charge is -2.23. The molecule has 2 aromatic heterocycles. The first-order valence-electron chi connectivity index (χ1n) is 5.68. The van der Waals surface area contributed by atoms with Crippen molar-refractivity contribution >= 4 is 54.0 Å². The topological polar surface area (TPSA) is 34.1 Å². The third-order valence-electron chi connectivity index (χ3n) is 2.96. The maximum Gasteiger partial charge on any atom is 0.129 e. The number of nitrogens with zero attached hydrogens (tertiary/aromatic N) is 1. The highest BCUT2D eigenvalue weighted by Gasteiger charge is 2.18. The number of rotatable bonds is 2. The van der Waals surface area contributed by atoms with E-state index in [1.54, 1.807) is 11.3 Å². The van der Waals surface area contributed by atoms with Gasteiger partial charge in [0.15, 0.2) is 0 Å². The van der Waals surface area contributed by atoms with Crippen molar-refractivity contribution in [3.05, 3.63) is 9.35 Å². The first-order valence-corrected chi connectivity index (χ1v) is 8.06. The van der Waals surface area contributed by atoms with Crippen LogP contribution < -0.4 is 5.32 Å². The van der Waals surface area contributed by atoms with Crippen LogP contribution in [0.1, 0.15) is 24.8 Å². The Morgan fingerprint density at radius 3 is 3.12 bits per heavy atom. The summed E-state index contributed by atoms with van der Waals surface area (Å²) >= 11 is 6.85. The predicted octanol–water partition coefficient (Wildman–Crippen LogP) is 4.37. The number of aromatic nitrogens is 1. The van der Waals surface area contributed by atoms with Crippen LogP contribution in [0.3, 0.4) is 0 Å². The standard InChI is InChI=1S/C11H13BrN2OS2/c1-6-8-9(16-10(6)12)11(17-14-8)13-7-4-2-3-5-15-7/h7,13H,2-5H2,1H3. The van der Waals surface area contributed by atoms with E-state index in [1.165, 1.54) is 38.4 Å². The summed E-state index contributed by atoms with van der Waals surface area (Å²) in [5.41, 5.74) is 2.35. The van der Waals surface area contributed by atoms with Crippen LogP contribution in [0.15, 0.2) is 3.79 Å². The largest absolute Gasteiger partial charge is 0.359 e. The fraction of sp³-hybridized carbons (Fsp3) is 0.545. The molecule has 1 aliphatic heterocycles. The van der Waals surface area contributed by atoms with Gasteiger partial charge < -0.3 is 10.1 Å². The molecule has 0 spiro atoms. The zero-order chi connectivity index (χ0) is 11.8. The smallest absolute Gasteiger partial charge is 0.129 e. The summed E-state index contributed by atoms with van der Waals surface area (Å²) in [5.74, 6) is 0. The summed E-state index contributed by atoms with van der Waals surface area (Å²) in [6.45, 7) is 2.97. The van der Waals surface area contributed by atoms with Gasteiger partial charge in [-0.05, 0) is 53.6 Å². The lowest BCUT2D eigenvalue weighted by molar-refractivity contribution is 0.0346. The molecule has 0 aromatic carbocycles. The zero-order valence-corrected chi connectivity index (χ0v) is 12.7. The van der Waals surface area contributed by atoms with Gasteiger partial charge in [0.1, 0.15) is 16.7 Å². The fourth-order valence-corrected chi connectivity index (χ4v) is 4.59. The van der Waals surface area contributed by atoms with Gasteiger partial charge in [-0.1, -0.05) is 0 Å². The number of hydrogen-bond acceptors (Lipinski definition) is 5. The van der Waals surface area contributed by atoms with E-state index in [-0.39, 0.29) is 6.23 Å².